The maximum Gasteiger partial charge on any atom is 0.266 e. The van der Waals surface area contributed by atoms with Gasteiger partial charge in [0.05, 0.1) is 4.91 Å². The number of nitrogens with zero attached hydrogens (tertiary/aromatic N) is 1. The van der Waals surface area contributed by atoms with Crippen molar-refractivity contribution >= 4 is 63.5 Å². The monoisotopic (exact) mass is 402 g/mol. The fourth-order valence-electron chi connectivity index (χ4n) is 2.41. The zero-order valence-electron chi connectivity index (χ0n) is 13.9. The van der Waals surface area contributed by atoms with E-state index in [9.17, 15) is 9.59 Å². The summed E-state index contributed by atoms with van der Waals surface area (Å²) in [7, 11) is 0. The third-order valence-corrected chi connectivity index (χ3v) is 5.27. The molecule has 7 heteroatoms. The van der Waals surface area contributed by atoms with Crippen molar-refractivity contribution in [2.45, 2.75) is 6.92 Å². The number of thioether (sulfide) groups is 1. The number of amides is 2. The Balaban J connectivity index is 1.69. The van der Waals surface area contributed by atoms with Crippen LogP contribution in [0, 0.1) is 6.92 Å². The highest BCUT2D eigenvalue weighted by atomic mass is 35.5. The minimum absolute atomic E-state index is 0.115. The molecule has 132 valence electrons. The van der Waals surface area contributed by atoms with Crippen molar-refractivity contribution in [3.05, 3.63) is 69.6 Å². The van der Waals surface area contributed by atoms with Crippen LogP contribution in [0.2, 0.25) is 5.02 Å². The Morgan fingerprint density at radius 3 is 2.69 bits per heavy atom. The normalized spacial score (nSPS) is 15.6. The zero-order chi connectivity index (χ0) is 18.7. The second-order valence-electron chi connectivity index (χ2n) is 5.74. The molecule has 0 bridgehead atoms. The SMILES string of the molecule is Cc1cccc(NC(=O)CN2C(=O)/C(=C/c3ccc(Cl)cc3)SC2=S)c1. The lowest BCUT2D eigenvalue weighted by Crippen LogP contribution is -2.36. The number of hydrogen-bond acceptors (Lipinski definition) is 4. The number of carbonyl (C=O) groups excluding carboxylic acids is 2. The summed E-state index contributed by atoms with van der Waals surface area (Å²) < 4.78 is 0.370. The van der Waals surface area contributed by atoms with Gasteiger partial charge in [0.1, 0.15) is 10.9 Å². The highest BCUT2D eigenvalue weighted by Gasteiger charge is 2.33. The number of aryl methyl sites for hydroxylation is 1. The van der Waals surface area contributed by atoms with Gasteiger partial charge in [-0.2, -0.15) is 0 Å². The molecule has 26 heavy (non-hydrogen) atoms. The molecular formula is C19H15ClN2O2S2. The molecule has 0 saturated carbocycles. The molecule has 0 spiro atoms. The Morgan fingerprint density at radius 2 is 2.00 bits per heavy atom. The third-order valence-electron chi connectivity index (χ3n) is 3.64. The number of anilines is 1. The fraction of sp³-hybridized carbons (Fsp3) is 0.105. The lowest BCUT2D eigenvalue weighted by molar-refractivity contribution is -0.126. The molecule has 2 aromatic carbocycles. The molecule has 0 atom stereocenters. The molecule has 2 amide bonds. The van der Waals surface area contributed by atoms with E-state index in [2.05, 4.69) is 5.32 Å². The standard InChI is InChI=1S/C19H15ClN2O2S2/c1-12-3-2-4-15(9-12)21-17(23)11-22-18(24)16(26-19(22)25)10-13-5-7-14(20)8-6-13/h2-10H,11H2,1H3,(H,21,23)/b16-10-. The number of carbonyl (C=O) groups is 2. The maximum atomic E-state index is 12.6. The van der Waals surface area contributed by atoms with Gasteiger partial charge in [0.2, 0.25) is 5.91 Å². The van der Waals surface area contributed by atoms with E-state index in [0.29, 0.717) is 19.9 Å². The molecule has 1 aliphatic heterocycles. The molecule has 0 unspecified atom stereocenters. The van der Waals surface area contributed by atoms with Crippen LogP contribution in [0.4, 0.5) is 5.69 Å². The molecule has 3 rings (SSSR count). The average molecular weight is 403 g/mol. The number of hydrogen-bond donors (Lipinski definition) is 1. The summed E-state index contributed by atoms with van der Waals surface area (Å²) in [5, 5.41) is 3.41. The lowest BCUT2D eigenvalue weighted by Gasteiger charge is -2.14. The Hall–Kier alpha value is -2.15. The van der Waals surface area contributed by atoms with Crippen molar-refractivity contribution in [3.8, 4) is 0 Å². The van der Waals surface area contributed by atoms with Crippen molar-refractivity contribution in [1.82, 2.24) is 4.90 Å². The largest absolute Gasteiger partial charge is 0.325 e. The molecule has 1 N–H and O–H groups in total. The van der Waals surface area contributed by atoms with E-state index in [0.717, 1.165) is 11.1 Å². The highest BCUT2D eigenvalue weighted by Crippen LogP contribution is 2.32. The van der Waals surface area contributed by atoms with Crippen LogP contribution in [0.15, 0.2) is 53.4 Å². The lowest BCUT2D eigenvalue weighted by atomic mass is 10.2. The van der Waals surface area contributed by atoms with Crippen molar-refractivity contribution in [2.75, 3.05) is 11.9 Å². The van der Waals surface area contributed by atoms with E-state index in [1.54, 1.807) is 24.3 Å². The quantitative estimate of drug-likeness (QED) is 0.604. The fourth-order valence-corrected chi connectivity index (χ4v) is 3.79. The van der Waals surface area contributed by atoms with Gasteiger partial charge in [-0.05, 0) is 48.4 Å². The first-order valence-corrected chi connectivity index (χ1v) is 9.40. The molecule has 0 aliphatic carbocycles. The van der Waals surface area contributed by atoms with Crippen LogP contribution in [0.3, 0.4) is 0 Å². The topological polar surface area (TPSA) is 49.4 Å². The van der Waals surface area contributed by atoms with Gasteiger partial charge in [-0.25, -0.2) is 0 Å². The van der Waals surface area contributed by atoms with Gasteiger partial charge in [0, 0.05) is 10.7 Å². The van der Waals surface area contributed by atoms with Gasteiger partial charge in [0.15, 0.2) is 0 Å². The van der Waals surface area contributed by atoms with E-state index in [1.165, 1.54) is 16.7 Å². The van der Waals surface area contributed by atoms with E-state index < -0.39 is 0 Å². The van der Waals surface area contributed by atoms with E-state index in [-0.39, 0.29) is 18.4 Å². The maximum absolute atomic E-state index is 12.6. The second kappa shape index (κ2) is 8.03. The minimum Gasteiger partial charge on any atom is -0.325 e. The van der Waals surface area contributed by atoms with Gasteiger partial charge < -0.3 is 5.32 Å². The van der Waals surface area contributed by atoms with E-state index in [4.69, 9.17) is 23.8 Å². The number of benzene rings is 2. The smallest absolute Gasteiger partial charge is 0.266 e. The van der Waals surface area contributed by atoms with Gasteiger partial charge in [-0.15, -0.1) is 0 Å². The summed E-state index contributed by atoms with van der Waals surface area (Å²) in [6.07, 6.45) is 1.74. The minimum atomic E-state index is -0.292. The summed E-state index contributed by atoms with van der Waals surface area (Å²) in [4.78, 5) is 26.6. The van der Waals surface area contributed by atoms with E-state index in [1.807, 2.05) is 37.3 Å². The summed E-state index contributed by atoms with van der Waals surface area (Å²) in [6, 6.07) is 14.6. The van der Waals surface area contributed by atoms with Crippen LogP contribution in [0.5, 0.6) is 0 Å². The molecule has 0 radical (unpaired) electrons. The van der Waals surface area contributed by atoms with Crippen LogP contribution in [0.1, 0.15) is 11.1 Å². The molecule has 4 nitrogen and oxygen atoms in total. The Kier molecular flexibility index (Phi) is 5.76. The van der Waals surface area contributed by atoms with Gasteiger partial charge >= 0.3 is 0 Å². The van der Waals surface area contributed by atoms with Crippen molar-refractivity contribution in [3.63, 3.8) is 0 Å². The summed E-state index contributed by atoms with van der Waals surface area (Å²) in [5.74, 6) is -0.561. The first-order chi connectivity index (χ1) is 12.4. The molecule has 1 heterocycles. The van der Waals surface area contributed by atoms with Gasteiger partial charge in [-0.1, -0.05) is 59.8 Å². The van der Waals surface area contributed by atoms with Crippen molar-refractivity contribution in [2.24, 2.45) is 0 Å². The van der Waals surface area contributed by atoms with Crippen molar-refractivity contribution < 1.29 is 9.59 Å². The van der Waals surface area contributed by atoms with Gasteiger partial charge in [-0.3, -0.25) is 14.5 Å². The average Bonchev–Trinajstić information content (AvgIpc) is 2.84. The Morgan fingerprint density at radius 1 is 1.27 bits per heavy atom. The van der Waals surface area contributed by atoms with Crippen LogP contribution in [0.25, 0.3) is 6.08 Å². The van der Waals surface area contributed by atoms with Crippen LogP contribution in [-0.2, 0) is 9.59 Å². The van der Waals surface area contributed by atoms with Crippen LogP contribution in [-0.4, -0.2) is 27.6 Å². The predicted molar refractivity (Wildman–Crippen MR) is 111 cm³/mol. The molecule has 1 aliphatic rings. The number of rotatable bonds is 4. The highest BCUT2D eigenvalue weighted by molar-refractivity contribution is 8.26. The number of thiocarbonyl (C=S) groups is 1. The first-order valence-electron chi connectivity index (χ1n) is 7.80. The molecule has 1 fully saturated rings. The van der Waals surface area contributed by atoms with Gasteiger partial charge in [0.25, 0.3) is 5.91 Å². The summed E-state index contributed by atoms with van der Waals surface area (Å²) in [6.45, 7) is 1.83. The Bertz CT molecular complexity index is 910. The third kappa shape index (κ3) is 4.52. The summed E-state index contributed by atoms with van der Waals surface area (Å²) in [5.41, 5.74) is 2.58. The number of nitrogens with one attached hydrogen (secondary N) is 1. The molecule has 2 aromatic rings. The molecule has 1 saturated heterocycles. The van der Waals surface area contributed by atoms with Crippen LogP contribution < -0.4 is 5.32 Å². The Labute approximate surface area is 166 Å². The second-order valence-corrected chi connectivity index (χ2v) is 7.85. The number of halogens is 1. The molecular weight excluding hydrogens is 388 g/mol. The van der Waals surface area contributed by atoms with E-state index >= 15 is 0 Å². The predicted octanol–water partition coefficient (Wildman–Crippen LogP) is 4.49. The summed E-state index contributed by atoms with van der Waals surface area (Å²) >= 11 is 12.3. The first kappa shape index (κ1) is 18.6. The van der Waals surface area contributed by atoms with Crippen molar-refractivity contribution in [1.29, 1.82) is 0 Å². The van der Waals surface area contributed by atoms with Crippen LogP contribution >= 0.6 is 35.6 Å². The zero-order valence-corrected chi connectivity index (χ0v) is 16.3. The molecule has 0 aromatic heterocycles.